The third kappa shape index (κ3) is 2.23. The van der Waals surface area contributed by atoms with Crippen LogP contribution in [-0.4, -0.2) is 28.0 Å². The van der Waals surface area contributed by atoms with Crippen LogP contribution >= 0.6 is 0 Å². The van der Waals surface area contributed by atoms with Gasteiger partial charge in [0, 0.05) is 32.1 Å². The van der Waals surface area contributed by atoms with Crippen molar-refractivity contribution in [2.75, 3.05) is 13.2 Å². The van der Waals surface area contributed by atoms with Gasteiger partial charge in [-0.05, 0) is 31.6 Å². The minimum atomic E-state index is 0.576. The summed E-state index contributed by atoms with van der Waals surface area (Å²) in [6.07, 6.45) is 6.03. The molecule has 0 bridgehead atoms. The summed E-state index contributed by atoms with van der Waals surface area (Å²) in [6.45, 7) is 5.20. The minimum absolute atomic E-state index is 0.576. The number of fused-ring (bicyclic) bond motifs is 1. The van der Waals surface area contributed by atoms with Crippen LogP contribution < -0.4 is 0 Å². The Balaban J connectivity index is 1.74. The van der Waals surface area contributed by atoms with E-state index in [9.17, 15) is 0 Å². The fourth-order valence-corrected chi connectivity index (χ4v) is 3.02. The lowest BCUT2D eigenvalue weighted by Crippen LogP contribution is -2.22. The highest BCUT2D eigenvalue weighted by Gasteiger charge is 2.24. The minimum Gasteiger partial charge on any atom is -0.381 e. The monoisotopic (exact) mass is 235 g/mol. The Bertz CT molecular complexity index is 382. The molecular weight excluding hydrogens is 214 g/mol. The lowest BCUT2D eigenvalue weighted by atomic mass is 9.97. The number of rotatable bonds is 2. The molecule has 1 saturated heterocycles. The van der Waals surface area contributed by atoms with Crippen LogP contribution in [0.4, 0.5) is 0 Å². The van der Waals surface area contributed by atoms with Gasteiger partial charge < -0.3 is 9.30 Å². The molecule has 3 heterocycles. The zero-order chi connectivity index (χ0) is 11.7. The van der Waals surface area contributed by atoms with Crippen molar-refractivity contribution in [2.45, 2.75) is 51.5 Å². The first kappa shape index (κ1) is 11.2. The van der Waals surface area contributed by atoms with Gasteiger partial charge in [-0.1, -0.05) is 6.92 Å². The van der Waals surface area contributed by atoms with Crippen LogP contribution in [0.2, 0.25) is 0 Å². The molecule has 94 valence electrons. The van der Waals surface area contributed by atoms with Gasteiger partial charge >= 0.3 is 0 Å². The Morgan fingerprint density at radius 1 is 1.29 bits per heavy atom. The van der Waals surface area contributed by atoms with Gasteiger partial charge in [-0.25, -0.2) is 0 Å². The molecule has 2 aliphatic rings. The van der Waals surface area contributed by atoms with Crippen molar-refractivity contribution in [1.29, 1.82) is 0 Å². The summed E-state index contributed by atoms with van der Waals surface area (Å²) in [6, 6.07) is 0. The molecule has 0 saturated carbocycles. The van der Waals surface area contributed by atoms with Crippen molar-refractivity contribution in [3.63, 3.8) is 0 Å². The van der Waals surface area contributed by atoms with E-state index in [1.807, 2.05) is 0 Å². The maximum atomic E-state index is 5.54. The summed E-state index contributed by atoms with van der Waals surface area (Å²) >= 11 is 0. The maximum absolute atomic E-state index is 5.54. The molecule has 3 rings (SSSR count). The summed E-state index contributed by atoms with van der Waals surface area (Å²) < 4.78 is 7.89. The van der Waals surface area contributed by atoms with Crippen LogP contribution in [0.5, 0.6) is 0 Å². The molecule has 4 heteroatoms. The Morgan fingerprint density at radius 3 is 3.06 bits per heavy atom. The van der Waals surface area contributed by atoms with Crippen LogP contribution in [0.1, 0.15) is 50.2 Å². The molecule has 1 fully saturated rings. The number of ether oxygens (including phenoxy) is 1. The Labute approximate surface area is 102 Å². The largest absolute Gasteiger partial charge is 0.381 e. The van der Waals surface area contributed by atoms with Gasteiger partial charge in [0.05, 0.1) is 0 Å². The van der Waals surface area contributed by atoms with E-state index in [1.54, 1.807) is 0 Å². The molecule has 1 aromatic rings. The Hall–Kier alpha value is -0.900. The Kier molecular flexibility index (Phi) is 3.14. The molecule has 2 aliphatic heterocycles. The predicted molar refractivity (Wildman–Crippen MR) is 64.9 cm³/mol. The van der Waals surface area contributed by atoms with Crippen LogP contribution in [0, 0.1) is 5.92 Å². The van der Waals surface area contributed by atoms with Crippen molar-refractivity contribution in [1.82, 2.24) is 14.8 Å². The van der Waals surface area contributed by atoms with Gasteiger partial charge in [0.15, 0.2) is 0 Å². The van der Waals surface area contributed by atoms with Gasteiger partial charge in [-0.15, -0.1) is 10.2 Å². The van der Waals surface area contributed by atoms with Crippen molar-refractivity contribution < 1.29 is 4.74 Å². The summed E-state index contributed by atoms with van der Waals surface area (Å²) in [4.78, 5) is 0. The molecule has 0 aliphatic carbocycles. The molecule has 17 heavy (non-hydrogen) atoms. The average molecular weight is 235 g/mol. The smallest absolute Gasteiger partial charge is 0.135 e. The first-order chi connectivity index (χ1) is 8.34. The number of hydrogen-bond donors (Lipinski definition) is 0. The molecule has 0 aromatic carbocycles. The maximum Gasteiger partial charge on any atom is 0.135 e. The van der Waals surface area contributed by atoms with E-state index in [0.717, 1.165) is 26.2 Å². The topological polar surface area (TPSA) is 39.9 Å². The fourth-order valence-electron chi connectivity index (χ4n) is 3.02. The van der Waals surface area contributed by atoms with Crippen LogP contribution in [0.3, 0.4) is 0 Å². The lowest BCUT2D eigenvalue weighted by Gasteiger charge is -2.24. The molecule has 2 atom stereocenters. The SMILES string of the molecule is CC1CCCn2c(CC3CCCOC3)nnc21. The summed E-state index contributed by atoms with van der Waals surface area (Å²) in [5.41, 5.74) is 0. The zero-order valence-corrected chi connectivity index (χ0v) is 10.6. The molecule has 0 N–H and O–H groups in total. The van der Waals surface area contributed by atoms with Gasteiger partial charge in [-0.2, -0.15) is 0 Å². The third-order valence-corrected chi connectivity index (χ3v) is 4.04. The highest BCUT2D eigenvalue weighted by atomic mass is 16.5. The van der Waals surface area contributed by atoms with E-state index in [2.05, 4.69) is 21.7 Å². The van der Waals surface area contributed by atoms with Crippen LogP contribution in [0.25, 0.3) is 0 Å². The van der Waals surface area contributed by atoms with Crippen LogP contribution in [-0.2, 0) is 17.7 Å². The quantitative estimate of drug-likeness (QED) is 0.788. The lowest BCUT2D eigenvalue weighted by molar-refractivity contribution is 0.0539. The second kappa shape index (κ2) is 4.77. The van der Waals surface area contributed by atoms with Gasteiger partial charge in [0.2, 0.25) is 0 Å². The van der Waals surface area contributed by atoms with E-state index in [0.29, 0.717) is 11.8 Å². The van der Waals surface area contributed by atoms with Gasteiger partial charge in [0.25, 0.3) is 0 Å². The summed E-state index contributed by atoms with van der Waals surface area (Å²) in [5.74, 6) is 3.60. The Morgan fingerprint density at radius 2 is 2.24 bits per heavy atom. The molecule has 1 aromatic heterocycles. The first-order valence-corrected chi connectivity index (χ1v) is 6.84. The number of hydrogen-bond acceptors (Lipinski definition) is 3. The number of nitrogens with zero attached hydrogens (tertiary/aromatic N) is 3. The molecular formula is C13H21N3O. The molecule has 0 radical (unpaired) electrons. The highest BCUT2D eigenvalue weighted by Crippen LogP contribution is 2.27. The van der Waals surface area contributed by atoms with Crippen molar-refractivity contribution in [3.05, 3.63) is 11.6 Å². The zero-order valence-electron chi connectivity index (χ0n) is 10.6. The van der Waals surface area contributed by atoms with Gasteiger partial charge in [0.1, 0.15) is 11.6 Å². The fraction of sp³-hybridized carbons (Fsp3) is 0.846. The highest BCUT2D eigenvalue weighted by molar-refractivity contribution is 5.04. The summed E-state index contributed by atoms with van der Waals surface area (Å²) in [5, 5.41) is 8.78. The van der Waals surface area contributed by atoms with E-state index >= 15 is 0 Å². The second-order valence-corrected chi connectivity index (χ2v) is 5.46. The van der Waals surface area contributed by atoms with E-state index < -0.39 is 0 Å². The van der Waals surface area contributed by atoms with Gasteiger partial charge in [-0.3, -0.25) is 0 Å². The van der Waals surface area contributed by atoms with Crippen LogP contribution in [0.15, 0.2) is 0 Å². The second-order valence-electron chi connectivity index (χ2n) is 5.46. The molecule has 0 amide bonds. The van der Waals surface area contributed by atoms with Crippen molar-refractivity contribution in [3.8, 4) is 0 Å². The average Bonchev–Trinajstić information content (AvgIpc) is 2.76. The predicted octanol–water partition coefficient (Wildman–Crippen LogP) is 2.14. The molecule has 2 unspecified atom stereocenters. The van der Waals surface area contributed by atoms with Crippen molar-refractivity contribution in [2.24, 2.45) is 5.92 Å². The summed E-state index contributed by atoms with van der Waals surface area (Å²) in [7, 11) is 0. The standard InChI is InChI=1S/C13H21N3O/c1-10-4-2-6-16-12(14-15-13(10)16)8-11-5-3-7-17-9-11/h10-11H,2-9H2,1H3. The third-order valence-electron chi connectivity index (χ3n) is 4.04. The number of aromatic nitrogens is 3. The van der Waals surface area contributed by atoms with E-state index in [1.165, 1.54) is 37.3 Å². The van der Waals surface area contributed by atoms with E-state index in [4.69, 9.17) is 4.74 Å². The van der Waals surface area contributed by atoms with Crippen molar-refractivity contribution >= 4 is 0 Å². The first-order valence-electron chi connectivity index (χ1n) is 6.84. The van der Waals surface area contributed by atoms with E-state index in [-0.39, 0.29) is 0 Å². The molecule has 4 nitrogen and oxygen atoms in total. The molecule has 0 spiro atoms. The normalized spacial score (nSPS) is 29.0.